The van der Waals surface area contributed by atoms with Gasteiger partial charge in [-0.2, -0.15) is 0 Å². The molecule has 0 unspecified atom stereocenters. The van der Waals surface area contributed by atoms with Crippen molar-refractivity contribution < 1.29 is 0 Å². The van der Waals surface area contributed by atoms with E-state index in [1.807, 2.05) is 4.91 Å². The number of rotatable bonds is 0. The molecule has 0 spiro atoms. The van der Waals surface area contributed by atoms with E-state index < -0.39 is 0 Å². The number of nitrogens with zero attached hydrogens (tertiary/aromatic N) is 1. The van der Waals surface area contributed by atoms with Crippen LogP contribution in [0.15, 0.2) is 0 Å². The minimum Gasteiger partial charge on any atom is 0.103 e. The van der Waals surface area contributed by atoms with E-state index in [1.165, 1.54) is 0 Å². The van der Waals surface area contributed by atoms with Crippen LogP contribution >= 0.6 is 0 Å². The molecule has 22 valence electrons. The van der Waals surface area contributed by atoms with Crippen molar-refractivity contribution in [2.24, 2.45) is 0 Å². The highest BCUT2D eigenvalue weighted by atomic mass is 27.0. The Balaban J connectivity index is 0. The third-order valence-corrected chi connectivity index (χ3v) is 0. The number of hydrogen-bond donors (Lipinski definition) is 2. The maximum atomic E-state index is 5.50. The fourth-order valence-corrected chi connectivity index (χ4v) is 0. The fraction of sp³-hybridized carbons (Fsp3) is 0. The van der Waals surface area contributed by atoms with Gasteiger partial charge in [0, 0.05) is 0 Å². The molecule has 0 saturated carbocycles. The van der Waals surface area contributed by atoms with Crippen LogP contribution in [0.4, 0.5) is 0 Å². The van der Waals surface area contributed by atoms with Gasteiger partial charge in [-0.1, -0.05) is 0 Å². The summed E-state index contributed by atoms with van der Waals surface area (Å²) in [5, 5.41) is 0. The van der Waals surface area contributed by atoms with Gasteiger partial charge >= 0.3 is 0 Å². The summed E-state index contributed by atoms with van der Waals surface area (Å²) in [7, 11) is 0. The first kappa shape index (κ1) is 9.15. The lowest BCUT2D eigenvalue weighted by molar-refractivity contribution is 0.928. The van der Waals surface area contributed by atoms with Gasteiger partial charge in [0.05, 0.1) is 0 Å². The van der Waals surface area contributed by atoms with Crippen molar-refractivity contribution in [3.8, 4) is 0 Å². The quantitative estimate of drug-likeness (QED) is 0.209. The molecule has 3 nitrogen and oxygen atoms in total. The van der Waals surface area contributed by atoms with Crippen molar-refractivity contribution in [1.29, 1.82) is 11.1 Å². The van der Waals surface area contributed by atoms with Crippen LogP contribution in [0.5, 0.6) is 0 Å². The molecule has 0 radical (unpaired) electrons. The van der Waals surface area contributed by atoms with Gasteiger partial charge in [0.1, 0.15) is 11.1 Å². The molecule has 0 aromatic heterocycles. The smallest absolute Gasteiger partial charge is 0.103 e. The second-order valence-corrected chi connectivity index (χ2v) is 0.112. The Hall–Kier alpha value is -0.158. The van der Waals surface area contributed by atoms with Gasteiger partial charge in [-0.25, -0.2) is 0 Å². The van der Waals surface area contributed by atoms with Crippen LogP contribution in [-0.2, 0) is 0 Å². The molecule has 0 aliphatic rings. The molecule has 0 saturated heterocycles. The molecular weight excluding hydrogens is 69.0 g/mol. The minimum atomic E-state index is 0. The SMILES string of the molecule is N=[N+]=N.[AlH3]. The van der Waals surface area contributed by atoms with Crippen LogP contribution < -0.4 is 4.91 Å². The fourth-order valence-electron chi connectivity index (χ4n) is 0. The van der Waals surface area contributed by atoms with Gasteiger partial charge in [-0.15, -0.1) is 0 Å². The molecule has 0 fully saturated rings. The highest BCUT2D eigenvalue weighted by Gasteiger charge is 1.16. The molecule has 0 atom stereocenters. The zero-order chi connectivity index (χ0) is 2.71. The molecule has 0 rings (SSSR count). The van der Waals surface area contributed by atoms with Gasteiger partial charge in [0.25, 0.3) is 0 Å². The zero-order valence-corrected chi connectivity index (χ0v) is 1.45. The predicted molar refractivity (Wildman–Crippen MR) is 17.5 cm³/mol. The van der Waals surface area contributed by atoms with Gasteiger partial charge in [0.15, 0.2) is 17.4 Å². The summed E-state index contributed by atoms with van der Waals surface area (Å²) >= 11 is 0. The van der Waals surface area contributed by atoms with Crippen molar-refractivity contribution in [3.63, 3.8) is 0 Å². The Morgan fingerprint density at radius 2 is 1.25 bits per heavy atom. The maximum absolute atomic E-state index is 5.50. The summed E-state index contributed by atoms with van der Waals surface area (Å²) in [5.41, 5.74) is 11.0. The molecule has 0 aliphatic carbocycles. The summed E-state index contributed by atoms with van der Waals surface area (Å²) in [6.45, 7) is 0. The van der Waals surface area contributed by atoms with Crippen molar-refractivity contribution >= 4 is 17.4 Å². The Morgan fingerprint density at radius 1 is 1.25 bits per heavy atom. The van der Waals surface area contributed by atoms with Crippen LogP contribution in [0.1, 0.15) is 0 Å². The van der Waals surface area contributed by atoms with E-state index >= 15 is 0 Å². The second kappa shape index (κ2) is 13.6. The molecule has 0 heterocycles. The minimum absolute atomic E-state index is 0. The summed E-state index contributed by atoms with van der Waals surface area (Å²) in [5.74, 6) is 0. The topological polar surface area (TPSA) is 61.8 Å². The van der Waals surface area contributed by atoms with E-state index in [1.54, 1.807) is 0 Å². The molecule has 4 heteroatoms. The Morgan fingerprint density at radius 3 is 1.25 bits per heavy atom. The monoisotopic (exact) mass is 74.0 g/mol. The second-order valence-electron chi connectivity index (χ2n) is 0.112. The lowest BCUT2D eigenvalue weighted by Gasteiger charge is -0.844. The van der Waals surface area contributed by atoms with Crippen molar-refractivity contribution in [3.05, 3.63) is 0 Å². The first-order valence-electron chi connectivity index (χ1n) is 0.447. The molecule has 0 aromatic rings. The summed E-state index contributed by atoms with van der Waals surface area (Å²) < 4.78 is 0. The largest absolute Gasteiger partial charge is 0.211 e. The molecular formula is H5AlN3+. The highest BCUT2D eigenvalue weighted by Crippen LogP contribution is 0.841. The van der Waals surface area contributed by atoms with E-state index in [9.17, 15) is 0 Å². The molecule has 0 aromatic carbocycles. The summed E-state index contributed by atoms with van der Waals surface area (Å²) in [6.07, 6.45) is 0. The Kier molecular flexibility index (Phi) is 31.1. The first-order chi connectivity index (χ1) is 1.41. The zero-order valence-electron chi connectivity index (χ0n) is 1.45. The lowest BCUT2D eigenvalue weighted by atomic mass is 13.0. The van der Waals surface area contributed by atoms with Crippen LogP contribution in [-0.4, -0.2) is 17.4 Å². The van der Waals surface area contributed by atoms with Crippen molar-refractivity contribution in [1.82, 2.24) is 4.91 Å². The van der Waals surface area contributed by atoms with E-state index in [0.29, 0.717) is 0 Å². The number of hydrogen-bond acceptors (Lipinski definition) is 2. The maximum Gasteiger partial charge on any atom is 0.211 e. The van der Waals surface area contributed by atoms with Crippen LogP contribution in [0.3, 0.4) is 0 Å². The molecule has 4 heavy (non-hydrogen) atoms. The average Bonchev–Trinajstić information content (AvgIpc) is 0.918. The average molecular weight is 74.0 g/mol. The highest BCUT2D eigenvalue weighted by molar-refractivity contribution is 5.75. The molecule has 2 N–H and O–H groups in total. The lowest BCUT2D eigenvalue weighted by Crippen LogP contribution is -1.24. The van der Waals surface area contributed by atoms with Gasteiger partial charge in [-0.05, 0) is 0 Å². The van der Waals surface area contributed by atoms with E-state index in [4.69, 9.17) is 11.1 Å². The van der Waals surface area contributed by atoms with E-state index in [0.717, 1.165) is 0 Å². The Bertz CT molecular complexity index is 24.3. The van der Waals surface area contributed by atoms with Crippen molar-refractivity contribution in [2.45, 2.75) is 0 Å². The molecule has 0 aliphatic heterocycles. The Labute approximate surface area is 34.2 Å². The first-order valence-corrected chi connectivity index (χ1v) is 0.447. The number of nitrogens with one attached hydrogen (secondary N) is 2. The van der Waals surface area contributed by atoms with E-state index in [-0.39, 0.29) is 17.4 Å². The van der Waals surface area contributed by atoms with Crippen LogP contribution in [0.2, 0.25) is 0 Å². The molecule has 0 amide bonds. The molecule has 0 bridgehead atoms. The van der Waals surface area contributed by atoms with Crippen LogP contribution in [0.25, 0.3) is 0 Å². The van der Waals surface area contributed by atoms with Gasteiger partial charge < -0.3 is 0 Å². The third-order valence-electron chi connectivity index (χ3n) is 0. The van der Waals surface area contributed by atoms with E-state index in [2.05, 4.69) is 0 Å². The van der Waals surface area contributed by atoms with Gasteiger partial charge in [0.2, 0.25) is 4.91 Å². The summed E-state index contributed by atoms with van der Waals surface area (Å²) in [4.78, 5) is 2.00. The normalized spacial score (nSPS) is 2.00. The third kappa shape index (κ3) is 52.7. The van der Waals surface area contributed by atoms with Crippen LogP contribution in [0, 0.1) is 11.1 Å². The standard InChI is InChI=1S/Al.H2N3.3H/c;1-3-2;;;/h;1-2H;;;/q;+1;;;. The van der Waals surface area contributed by atoms with Gasteiger partial charge in [-0.3, -0.25) is 0 Å². The summed E-state index contributed by atoms with van der Waals surface area (Å²) in [6, 6.07) is 0. The van der Waals surface area contributed by atoms with Crippen molar-refractivity contribution in [2.75, 3.05) is 0 Å². The predicted octanol–water partition coefficient (Wildman–Crippen LogP) is -1.07.